The third-order valence-electron chi connectivity index (χ3n) is 14.0. The van der Waals surface area contributed by atoms with Gasteiger partial charge in [-0.2, -0.15) is 0 Å². The third kappa shape index (κ3) is 5.58. The Bertz CT molecular complexity index is 3640. The molecule has 9 aromatic carbocycles. The van der Waals surface area contributed by atoms with E-state index in [-0.39, 0.29) is 10.8 Å². The molecule has 4 heterocycles. The molecule has 0 atom stereocenters. The maximum absolute atomic E-state index is 7.11. The first-order valence-electron chi connectivity index (χ1n) is 22.3. The van der Waals surface area contributed by atoms with Crippen LogP contribution < -0.4 is 14.8 Å². The topological polar surface area (TPSA) is 56.8 Å². The lowest BCUT2D eigenvalue weighted by atomic mass is 9.73. The SMILES string of the molecule is CC1(C)c2ccccc2Oc2c(-c3c(Nc4cc(-c5cccc6c5oc5ccccc56)cc(-c5cccc6c5oc5ccccc56)c4)ccc4c3Oc3ccccc3C4(C)C)cccc21. The van der Waals surface area contributed by atoms with Crippen LogP contribution in [0.2, 0.25) is 0 Å². The van der Waals surface area contributed by atoms with Crippen molar-refractivity contribution in [2.75, 3.05) is 5.32 Å². The van der Waals surface area contributed by atoms with E-state index in [2.05, 4.69) is 179 Å². The number of nitrogens with one attached hydrogen (secondary N) is 1. The first-order chi connectivity index (χ1) is 31.7. The van der Waals surface area contributed by atoms with Crippen molar-refractivity contribution in [1.82, 2.24) is 0 Å². The molecular weight excluding hydrogens is 799 g/mol. The van der Waals surface area contributed by atoms with E-state index in [1.54, 1.807) is 0 Å². The first kappa shape index (κ1) is 37.5. The van der Waals surface area contributed by atoms with E-state index >= 15 is 0 Å². The molecule has 5 heteroatoms. The molecule has 11 aromatic rings. The molecule has 2 aliphatic heterocycles. The number of para-hydroxylation sites is 7. The van der Waals surface area contributed by atoms with Crippen LogP contribution in [-0.2, 0) is 10.8 Å². The maximum atomic E-state index is 7.11. The fourth-order valence-electron chi connectivity index (χ4n) is 10.7. The van der Waals surface area contributed by atoms with Crippen LogP contribution in [0.25, 0.3) is 77.3 Å². The molecule has 13 rings (SSSR count). The van der Waals surface area contributed by atoms with Crippen LogP contribution in [-0.4, -0.2) is 0 Å². The lowest BCUT2D eigenvalue weighted by Crippen LogP contribution is -2.25. The normalized spacial score (nSPS) is 14.3. The van der Waals surface area contributed by atoms with Crippen molar-refractivity contribution >= 4 is 55.3 Å². The summed E-state index contributed by atoms with van der Waals surface area (Å²) in [4.78, 5) is 0. The molecule has 0 aliphatic carbocycles. The highest BCUT2D eigenvalue weighted by Crippen LogP contribution is 2.58. The quantitative estimate of drug-likeness (QED) is 0.187. The molecule has 0 saturated carbocycles. The van der Waals surface area contributed by atoms with Gasteiger partial charge in [-0.3, -0.25) is 0 Å². The van der Waals surface area contributed by atoms with Gasteiger partial charge in [-0.25, -0.2) is 0 Å². The fraction of sp³-hybridized carbons (Fsp3) is 0.100. The van der Waals surface area contributed by atoms with Crippen LogP contribution in [0.5, 0.6) is 23.0 Å². The monoisotopic (exact) mass is 841 g/mol. The van der Waals surface area contributed by atoms with Gasteiger partial charge in [0, 0.05) is 77.0 Å². The van der Waals surface area contributed by atoms with E-state index < -0.39 is 0 Å². The van der Waals surface area contributed by atoms with Crippen LogP contribution in [0.4, 0.5) is 11.4 Å². The third-order valence-corrected chi connectivity index (χ3v) is 14.0. The Kier molecular flexibility index (Phi) is 7.93. The average Bonchev–Trinajstić information content (AvgIpc) is 3.90. The second-order valence-corrected chi connectivity index (χ2v) is 18.5. The Labute approximate surface area is 376 Å². The molecule has 5 nitrogen and oxygen atoms in total. The lowest BCUT2D eigenvalue weighted by Gasteiger charge is -2.38. The predicted molar refractivity (Wildman–Crippen MR) is 264 cm³/mol. The summed E-state index contributed by atoms with van der Waals surface area (Å²) in [6.45, 7) is 9.14. The van der Waals surface area contributed by atoms with Crippen LogP contribution in [0.3, 0.4) is 0 Å². The molecule has 0 bridgehead atoms. The smallest absolute Gasteiger partial charge is 0.143 e. The van der Waals surface area contributed by atoms with E-state index in [4.69, 9.17) is 18.3 Å². The van der Waals surface area contributed by atoms with Crippen molar-refractivity contribution in [3.05, 3.63) is 204 Å². The molecule has 0 amide bonds. The summed E-state index contributed by atoms with van der Waals surface area (Å²) in [6.07, 6.45) is 0. The fourth-order valence-corrected chi connectivity index (χ4v) is 10.7. The predicted octanol–water partition coefficient (Wildman–Crippen LogP) is 17.1. The number of fused-ring (bicyclic) bond motifs is 10. The molecule has 65 heavy (non-hydrogen) atoms. The van der Waals surface area contributed by atoms with Gasteiger partial charge in [0.05, 0.1) is 11.3 Å². The first-order valence-corrected chi connectivity index (χ1v) is 22.3. The molecule has 0 saturated heterocycles. The van der Waals surface area contributed by atoms with Crippen molar-refractivity contribution < 1.29 is 18.3 Å². The second-order valence-electron chi connectivity index (χ2n) is 18.5. The molecule has 0 radical (unpaired) electrons. The van der Waals surface area contributed by atoms with E-state index in [1.165, 1.54) is 0 Å². The molecule has 0 fully saturated rings. The van der Waals surface area contributed by atoms with E-state index in [0.717, 1.165) is 134 Å². The number of ether oxygens (including phenoxy) is 2. The van der Waals surface area contributed by atoms with Gasteiger partial charge >= 0.3 is 0 Å². The summed E-state index contributed by atoms with van der Waals surface area (Å²) in [6, 6.07) is 63.8. The van der Waals surface area contributed by atoms with Crippen LogP contribution in [0, 0.1) is 0 Å². The lowest BCUT2D eigenvalue weighted by molar-refractivity contribution is 0.413. The van der Waals surface area contributed by atoms with Crippen LogP contribution in [0.15, 0.2) is 191 Å². The Morgan fingerprint density at radius 1 is 0.385 bits per heavy atom. The van der Waals surface area contributed by atoms with Crippen molar-refractivity contribution in [3.63, 3.8) is 0 Å². The number of rotatable bonds is 5. The van der Waals surface area contributed by atoms with Crippen molar-refractivity contribution in [1.29, 1.82) is 0 Å². The van der Waals surface area contributed by atoms with Crippen molar-refractivity contribution in [2.45, 2.75) is 38.5 Å². The summed E-state index contributed by atoms with van der Waals surface area (Å²) in [5.41, 5.74) is 15.0. The zero-order chi connectivity index (χ0) is 43.6. The Morgan fingerprint density at radius 2 is 0.846 bits per heavy atom. The summed E-state index contributed by atoms with van der Waals surface area (Å²) in [5, 5.41) is 8.33. The highest BCUT2D eigenvalue weighted by molar-refractivity contribution is 6.12. The van der Waals surface area contributed by atoms with Crippen molar-refractivity contribution in [3.8, 4) is 56.4 Å². The van der Waals surface area contributed by atoms with Gasteiger partial charge in [0.2, 0.25) is 0 Å². The highest BCUT2D eigenvalue weighted by Gasteiger charge is 2.40. The van der Waals surface area contributed by atoms with Gasteiger partial charge in [0.1, 0.15) is 45.3 Å². The van der Waals surface area contributed by atoms with Gasteiger partial charge in [-0.1, -0.05) is 161 Å². The average molecular weight is 842 g/mol. The Balaban J connectivity index is 1.06. The molecule has 2 aromatic heterocycles. The molecule has 0 spiro atoms. The van der Waals surface area contributed by atoms with Gasteiger partial charge in [0.25, 0.3) is 0 Å². The van der Waals surface area contributed by atoms with Gasteiger partial charge in [-0.05, 0) is 59.7 Å². The molecule has 312 valence electrons. The Hall–Kier alpha value is -8.02. The van der Waals surface area contributed by atoms with E-state index in [0.29, 0.717) is 0 Å². The standard InChI is InChI=1S/C60H43NO4/c1-59(2)45-23-7-11-28-52(45)64-57-44(22-15-25-47(57)59)54-49(31-30-48-58(54)65-53-29-12-8-24-46(53)60(48,3)4)61-37-33-35(38-18-13-20-42-40-16-5-9-26-50(40)62-55(38)42)32-36(34-37)39-19-14-21-43-41-17-6-10-27-51(41)63-56(39)43/h5-34,61H,1-4H3. The molecule has 0 unspecified atom stereocenters. The summed E-state index contributed by atoms with van der Waals surface area (Å²) < 4.78 is 27.4. The maximum Gasteiger partial charge on any atom is 0.143 e. The van der Waals surface area contributed by atoms with Crippen molar-refractivity contribution in [2.24, 2.45) is 0 Å². The minimum absolute atomic E-state index is 0.312. The minimum atomic E-state index is -0.345. The summed E-state index contributed by atoms with van der Waals surface area (Å²) in [7, 11) is 0. The van der Waals surface area contributed by atoms with E-state index in [1.807, 2.05) is 36.4 Å². The van der Waals surface area contributed by atoms with E-state index in [9.17, 15) is 0 Å². The number of anilines is 2. The zero-order valence-corrected chi connectivity index (χ0v) is 36.5. The van der Waals surface area contributed by atoms with Crippen LogP contribution in [0.1, 0.15) is 49.9 Å². The van der Waals surface area contributed by atoms with Gasteiger partial charge in [-0.15, -0.1) is 0 Å². The number of benzene rings is 9. The summed E-state index contributed by atoms with van der Waals surface area (Å²) in [5.74, 6) is 3.35. The highest BCUT2D eigenvalue weighted by atomic mass is 16.5. The van der Waals surface area contributed by atoms with Gasteiger partial charge in [0.15, 0.2) is 0 Å². The number of hydrogen-bond donors (Lipinski definition) is 1. The number of hydrogen-bond acceptors (Lipinski definition) is 5. The number of furan rings is 2. The minimum Gasteiger partial charge on any atom is -0.456 e. The molecule has 1 N–H and O–H groups in total. The zero-order valence-electron chi connectivity index (χ0n) is 36.5. The van der Waals surface area contributed by atoms with Crippen LogP contribution >= 0.6 is 0 Å². The largest absolute Gasteiger partial charge is 0.456 e. The summed E-state index contributed by atoms with van der Waals surface area (Å²) >= 11 is 0. The second kappa shape index (κ2) is 13.7. The van der Waals surface area contributed by atoms with Gasteiger partial charge < -0.3 is 23.6 Å². The molecular formula is C60H43NO4. The molecule has 2 aliphatic rings. The Morgan fingerprint density at radius 3 is 1.45 bits per heavy atom.